The summed E-state index contributed by atoms with van der Waals surface area (Å²) < 4.78 is 2.41. The fourth-order valence-electron chi connectivity index (χ4n) is 3.08. The molecule has 134 valence electrons. The van der Waals surface area contributed by atoms with E-state index in [1.807, 2.05) is 30.3 Å². The van der Waals surface area contributed by atoms with Crippen LogP contribution < -0.4 is 16.6 Å². The molecule has 0 saturated heterocycles. The average molecular weight is 360 g/mol. The summed E-state index contributed by atoms with van der Waals surface area (Å²) in [4.78, 5) is 41.3. The molecule has 0 aliphatic carbocycles. The Hall–Kier alpha value is -3.74. The van der Waals surface area contributed by atoms with Crippen molar-refractivity contribution in [1.29, 1.82) is 0 Å². The molecule has 7 nitrogen and oxygen atoms in total. The minimum absolute atomic E-state index is 0.309. The van der Waals surface area contributed by atoms with E-state index in [1.54, 1.807) is 25.4 Å². The fraction of sp³-hybridized carbons (Fsp3) is 0.100. The zero-order chi connectivity index (χ0) is 19.1. The Bertz CT molecular complexity index is 1330. The smallest absolute Gasteiger partial charge is 0.321 e. The number of carbonyl (C=O) groups excluding carboxylic acids is 1. The van der Waals surface area contributed by atoms with Crippen LogP contribution in [-0.2, 0) is 14.1 Å². The van der Waals surface area contributed by atoms with Crippen LogP contribution in [0.3, 0.4) is 0 Å². The number of rotatable bonds is 2. The number of anilines is 1. The summed E-state index contributed by atoms with van der Waals surface area (Å²) in [6.45, 7) is 0. The molecule has 4 aromatic rings. The topological polar surface area (TPSA) is 86.0 Å². The lowest BCUT2D eigenvalue weighted by atomic mass is 10.1. The summed E-state index contributed by atoms with van der Waals surface area (Å²) in [5.41, 5.74) is 1.36. The van der Waals surface area contributed by atoms with E-state index in [-0.39, 0.29) is 5.91 Å². The van der Waals surface area contributed by atoms with E-state index < -0.39 is 11.2 Å². The number of fused-ring (bicyclic) bond motifs is 2. The van der Waals surface area contributed by atoms with Crippen molar-refractivity contribution in [1.82, 2.24) is 14.1 Å². The molecule has 0 radical (unpaired) electrons. The number of benzene rings is 2. The summed E-state index contributed by atoms with van der Waals surface area (Å²) >= 11 is 0. The molecular weight excluding hydrogens is 344 g/mol. The fourth-order valence-corrected chi connectivity index (χ4v) is 3.08. The van der Waals surface area contributed by atoms with Gasteiger partial charge in [0, 0.05) is 25.0 Å². The normalized spacial score (nSPS) is 11.0. The maximum absolute atomic E-state index is 12.6. The quantitative estimate of drug-likeness (QED) is 0.593. The van der Waals surface area contributed by atoms with Crippen LogP contribution in [0.1, 0.15) is 10.4 Å². The molecule has 0 aliphatic heterocycles. The first kappa shape index (κ1) is 16.7. The van der Waals surface area contributed by atoms with Crippen LogP contribution in [0.2, 0.25) is 0 Å². The molecule has 1 amide bonds. The predicted octanol–water partition coefficient (Wildman–Crippen LogP) is 2.04. The SMILES string of the molecule is Cn1c(=O)c2cc(C(=O)Nc3cnc4ccccc4c3)ccc2n(C)c1=O. The van der Waals surface area contributed by atoms with E-state index in [0.29, 0.717) is 22.2 Å². The minimum atomic E-state index is -0.435. The third-order valence-electron chi connectivity index (χ3n) is 4.58. The van der Waals surface area contributed by atoms with Crippen LogP contribution in [0.5, 0.6) is 0 Å². The van der Waals surface area contributed by atoms with Gasteiger partial charge in [-0.1, -0.05) is 18.2 Å². The van der Waals surface area contributed by atoms with Gasteiger partial charge in [-0.15, -0.1) is 0 Å². The maximum Gasteiger partial charge on any atom is 0.330 e. The molecular formula is C20H16N4O3. The van der Waals surface area contributed by atoms with Gasteiger partial charge in [-0.2, -0.15) is 0 Å². The molecule has 7 heteroatoms. The van der Waals surface area contributed by atoms with Crippen LogP contribution in [0.25, 0.3) is 21.8 Å². The molecule has 0 atom stereocenters. The third kappa shape index (κ3) is 2.79. The number of hydrogen-bond donors (Lipinski definition) is 1. The van der Waals surface area contributed by atoms with Gasteiger partial charge in [0.15, 0.2) is 0 Å². The number of nitrogens with one attached hydrogen (secondary N) is 1. The van der Waals surface area contributed by atoms with E-state index >= 15 is 0 Å². The molecule has 0 aliphatic rings. The Morgan fingerprint density at radius 1 is 1.00 bits per heavy atom. The summed E-state index contributed by atoms with van der Waals surface area (Å²) in [5.74, 6) is -0.357. The molecule has 0 spiro atoms. The summed E-state index contributed by atoms with van der Waals surface area (Å²) in [6, 6.07) is 14.1. The Labute approximate surface area is 153 Å². The maximum atomic E-state index is 12.6. The van der Waals surface area contributed by atoms with E-state index in [0.717, 1.165) is 15.5 Å². The van der Waals surface area contributed by atoms with Gasteiger partial charge in [0.2, 0.25) is 0 Å². The number of para-hydroxylation sites is 1. The van der Waals surface area contributed by atoms with Crippen LogP contribution >= 0.6 is 0 Å². The highest BCUT2D eigenvalue weighted by Gasteiger charge is 2.13. The molecule has 0 bridgehead atoms. The first-order valence-corrected chi connectivity index (χ1v) is 8.31. The largest absolute Gasteiger partial charge is 0.330 e. The van der Waals surface area contributed by atoms with Crippen molar-refractivity contribution < 1.29 is 4.79 Å². The molecule has 1 N–H and O–H groups in total. The first-order valence-electron chi connectivity index (χ1n) is 8.31. The predicted molar refractivity (Wildman–Crippen MR) is 104 cm³/mol. The molecule has 4 rings (SSSR count). The van der Waals surface area contributed by atoms with Crippen molar-refractivity contribution >= 4 is 33.4 Å². The lowest BCUT2D eigenvalue weighted by Gasteiger charge is -2.10. The van der Waals surface area contributed by atoms with Gasteiger partial charge in [0.25, 0.3) is 11.5 Å². The standard InChI is InChI=1S/C20H16N4O3/c1-23-17-8-7-13(10-15(17)19(26)24(2)20(23)27)18(25)22-14-9-12-5-3-4-6-16(12)21-11-14/h3-11H,1-2H3,(H,22,25). The molecule has 2 aromatic heterocycles. The highest BCUT2D eigenvalue weighted by Crippen LogP contribution is 2.18. The molecule has 2 heterocycles. The van der Waals surface area contributed by atoms with E-state index in [2.05, 4.69) is 10.3 Å². The second-order valence-electron chi connectivity index (χ2n) is 6.31. The highest BCUT2D eigenvalue weighted by atomic mass is 16.2. The molecule has 27 heavy (non-hydrogen) atoms. The second-order valence-corrected chi connectivity index (χ2v) is 6.31. The van der Waals surface area contributed by atoms with Crippen molar-refractivity contribution in [3.8, 4) is 0 Å². The molecule has 0 unspecified atom stereocenters. The first-order chi connectivity index (χ1) is 13.0. The summed E-state index contributed by atoms with van der Waals surface area (Å²) in [6.07, 6.45) is 1.59. The lowest BCUT2D eigenvalue weighted by Crippen LogP contribution is -2.37. The van der Waals surface area contributed by atoms with Gasteiger partial charge in [0.05, 0.1) is 28.3 Å². The van der Waals surface area contributed by atoms with Crippen LogP contribution in [0.15, 0.2) is 64.3 Å². The lowest BCUT2D eigenvalue weighted by molar-refractivity contribution is 0.102. The number of pyridine rings is 1. The van der Waals surface area contributed by atoms with Gasteiger partial charge in [-0.3, -0.25) is 23.7 Å². The number of aryl methyl sites for hydroxylation is 1. The van der Waals surface area contributed by atoms with Crippen molar-refractivity contribution in [2.45, 2.75) is 0 Å². The zero-order valence-electron chi connectivity index (χ0n) is 14.8. The van der Waals surface area contributed by atoms with Crippen molar-refractivity contribution in [3.63, 3.8) is 0 Å². The average Bonchev–Trinajstić information content (AvgIpc) is 2.70. The van der Waals surface area contributed by atoms with Crippen molar-refractivity contribution in [2.75, 3.05) is 5.32 Å². The highest BCUT2D eigenvalue weighted by molar-refractivity contribution is 6.06. The van der Waals surface area contributed by atoms with Gasteiger partial charge < -0.3 is 5.32 Å². The Morgan fingerprint density at radius 3 is 2.59 bits per heavy atom. The van der Waals surface area contributed by atoms with Gasteiger partial charge in [0.1, 0.15) is 0 Å². The number of carbonyl (C=O) groups is 1. The number of nitrogens with zero attached hydrogens (tertiary/aromatic N) is 3. The molecule has 0 saturated carbocycles. The van der Waals surface area contributed by atoms with Gasteiger partial charge in [-0.05, 0) is 30.3 Å². The summed E-state index contributed by atoms with van der Waals surface area (Å²) in [7, 11) is 3.00. The van der Waals surface area contributed by atoms with Gasteiger partial charge in [-0.25, -0.2) is 4.79 Å². The van der Waals surface area contributed by atoms with E-state index in [4.69, 9.17) is 0 Å². The third-order valence-corrected chi connectivity index (χ3v) is 4.58. The Kier molecular flexibility index (Phi) is 3.84. The molecule has 2 aromatic carbocycles. The minimum Gasteiger partial charge on any atom is -0.321 e. The van der Waals surface area contributed by atoms with Gasteiger partial charge >= 0.3 is 5.69 Å². The summed E-state index contributed by atoms with van der Waals surface area (Å²) in [5, 5.41) is 4.02. The number of aromatic nitrogens is 3. The van der Waals surface area contributed by atoms with E-state index in [1.165, 1.54) is 17.7 Å². The number of hydrogen-bond acceptors (Lipinski definition) is 4. The van der Waals surface area contributed by atoms with Crippen LogP contribution in [-0.4, -0.2) is 20.0 Å². The Morgan fingerprint density at radius 2 is 1.78 bits per heavy atom. The van der Waals surface area contributed by atoms with Crippen LogP contribution in [0.4, 0.5) is 5.69 Å². The monoisotopic (exact) mass is 360 g/mol. The number of amides is 1. The van der Waals surface area contributed by atoms with Crippen molar-refractivity contribution in [3.05, 3.63) is 81.1 Å². The second kappa shape index (κ2) is 6.21. The van der Waals surface area contributed by atoms with E-state index in [9.17, 15) is 14.4 Å². The Balaban J connectivity index is 1.74. The van der Waals surface area contributed by atoms with Crippen molar-refractivity contribution in [2.24, 2.45) is 14.1 Å². The molecule has 0 fully saturated rings. The van der Waals surface area contributed by atoms with Crippen LogP contribution in [0, 0.1) is 0 Å². The zero-order valence-corrected chi connectivity index (χ0v) is 14.8.